The van der Waals surface area contributed by atoms with Crippen molar-refractivity contribution in [3.8, 4) is 0 Å². The van der Waals surface area contributed by atoms with E-state index in [0.29, 0.717) is 18.7 Å². The summed E-state index contributed by atoms with van der Waals surface area (Å²) in [4.78, 5) is 22.7. The summed E-state index contributed by atoms with van der Waals surface area (Å²) in [6.07, 6.45) is 1.45. The maximum absolute atomic E-state index is 12.4. The van der Waals surface area contributed by atoms with Crippen LogP contribution in [0.5, 0.6) is 0 Å². The molecule has 8 nitrogen and oxygen atoms in total. The summed E-state index contributed by atoms with van der Waals surface area (Å²) >= 11 is 0. The molecule has 3 aliphatic rings. The van der Waals surface area contributed by atoms with Crippen molar-refractivity contribution in [3.05, 3.63) is 23.7 Å². The maximum atomic E-state index is 12.4. The highest BCUT2D eigenvalue weighted by molar-refractivity contribution is 6.39. The second kappa shape index (κ2) is 8.00. The number of rotatable bonds is 6. The van der Waals surface area contributed by atoms with Gasteiger partial charge in [-0.05, 0) is 19.1 Å². The maximum Gasteiger partial charge on any atom is 0.269 e. The third-order valence-corrected chi connectivity index (χ3v) is 5.49. The molecule has 8 heteroatoms. The topological polar surface area (TPSA) is 79.5 Å². The van der Waals surface area contributed by atoms with E-state index in [-0.39, 0.29) is 11.5 Å². The molecule has 0 saturated carbocycles. The van der Waals surface area contributed by atoms with Crippen molar-refractivity contribution in [2.45, 2.75) is 31.9 Å². The predicted octanol–water partition coefficient (Wildman–Crippen LogP) is 0.757. The van der Waals surface area contributed by atoms with E-state index in [9.17, 15) is 4.79 Å². The van der Waals surface area contributed by atoms with E-state index in [1.807, 2.05) is 19.1 Å². The summed E-state index contributed by atoms with van der Waals surface area (Å²) < 4.78 is 11.0. The first kappa shape index (κ1) is 18.5. The number of hydrogen-bond acceptors (Lipinski definition) is 7. The summed E-state index contributed by atoms with van der Waals surface area (Å²) in [5, 5.41) is 7.07. The van der Waals surface area contributed by atoms with Crippen LogP contribution in [-0.2, 0) is 20.9 Å². The Balaban J connectivity index is 1.21. The number of carbonyl (C=O) groups is 1. The van der Waals surface area contributed by atoms with E-state index in [2.05, 4.69) is 20.3 Å². The van der Waals surface area contributed by atoms with Crippen LogP contribution in [-0.4, -0.2) is 79.5 Å². The Bertz CT molecular complexity index is 698. The molecule has 3 aliphatic heterocycles. The molecule has 1 aromatic heterocycles. The van der Waals surface area contributed by atoms with Crippen molar-refractivity contribution in [1.82, 2.24) is 15.1 Å². The van der Waals surface area contributed by atoms with Gasteiger partial charge in [0, 0.05) is 52.1 Å². The van der Waals surface area contributed by atoms with Crippen LogP contribution >= 0.6 is 0 Å². The van der Waals surface area contributed by atoms with Gasteiger partial charge in [0.2, 0.25) is 0 Å². The third kappa shape index (κ3) is 4.51. The van der Waals surface area contributed by atoms with E-state index in [0.717, 1.165) is 70.4 Å². The van der Waals surface area contributed by atoms with Crippen LogP contribution in [0.3, 0.4) is 0 Å². The Morgan fingerprint density at radius 1 is 1.26 bits per heavy atom. The monoisotopic (exact) mass is 376 g/mol. The highest BCUT2D eigenvalue weighted by atomic mass is 16.7. The minimum atomic E-state index is -0.363. The van der Waals surface area contributed by atoms with Crippen molar-refractivity contribution >= 4 is 11.6 Å². The summed E-state index contributed by atoms with van der Waals surface area (Å²) in [7, 11) is 0. The minimum absolute atomic E-state index is 0.111. The molecule has 1 aromatic rings. The number of nitrogens with zero attached hydrogens (tertiary/aromatic N) is 3. The van der Waals surface area contributed by atoms with Crippen molar-refractivity contribution in [2.24, 2.45) is 5.16 Å². The number of amides is 1. The molecule has 0 radical (unpaired) electrons. The second-order valence-corrected chi connectivity index (χ2v) is 7.67. The van der Waals surface area contributed by atoms with Crippen LogP contribution < -0.4 is 5.32 Å². The highest BCUT2D eigenvalue weighted by Gasteiger charge is 2.46. The minimum Gasteiger partial charge on any atom is -0.465 e. The standard InChI is InChI=1S/C19H28N4O4/c1-15-2-3-16(26-15)13-23-6-4-19(14-23)12-17(21-27-19)18(24)20-5-7-22-8-10-25-11-9-22/h2-3H,4-14H2,1H3,(H,20,24)/t19-/m0/s1. The summed E-state index contributed by atoms with van der Waals surface area (Å²) in [5.74, 6) is 1.78. The fraction of sp³-hybridized carbons (Fsp3) is 0.684. The SMILES string of the molecule is Cc1ccc(CN2CC[C@]3(CC(C(=O)NCCN4CCOCC4)=NO3)C2)o1. The van der Waals surface area contributed by atoms with Gasteiger partial charge in [0.15, 0.2) is 5.60 Å². The zero-order chi connectivity index (χ0) is 18.7. The van der Waals surface area contributed by atoms with Gasteiger partial charge in [0.25, 0.3) is 5.91 Å². The Labute approximate surface area is 159 Å². The third-order valence-electron chi connectivity index (χ3n) is 5.49. The molecule has 2 fully saturated rings. The largest absolute Gasteiger partial charge is 0.465 e. The number of oxime groups is 1. The molecule has 1 atom stereocenters. The van der Waals surface area contributed by atoms with Crippen LogP contribution in [0, 0.1) is 6.92 Å². The molecule has 27 heavy (non-hydrogen) atoms. The van der Waals surface area contributed by atoms with Gasteiger partial charge in [-0.25, -0.2) is 0 Å². The first-order valence-corrected chi connectivity index (χ1v) is 9.73. The molecule has 0 aromatic carbocycles. The number of furan rings is 1. The van der Waals surface area contributed by atoms with Crippen LogP contribution in [0.4, 0.5) is 0 Å². The Kier molecular flexibility index (Phi) is 5.47. The van der Waals surface area contributed by atoms with Gasteiger partial charge >= 0.3 is 0 Å². The van der Waals surface area contributed by atoms with Crippen LogP contribution in [0.25, 0.3) is 0 Å². The van der Waals surface area contributed by atoms with E-state index < -0.39 is 0 Å². The molecule has 0 bridgehead atoms. The fourth-order valence-corrected chi connectivity index (χ4v) is 3.97. The first-order chi connectivity index (χ1) is 13.1. The van der Waals surface area contributed by atoms with Crippen molar-refractivity contribution in [2.75, 3.05) is 52.5 Å². The Morgan fingerprint density at radius 2 is 2.11 bits per heavy atom. The second-order valence-electron chi connectivity index (χ2n) is 7.67. The molecule has 1 N–H and O–H groups in total. The van der Waals surface area contributed by atoms with Gasteiger partial charge in [-0.3, -0.25) is 14.6 Å². The molecule has 0 aliphatic carbocycles. The highest BCUT2D eigenvalue weighted by Crippen LogP contribution is 2.34. The molecule has 1 spiro atoms. The molecule has 4 rings (SSSR count). The van der Waals surface area contributed by atoms with Gasteiger partial charge in [-0.1, -0.05) is 5.16 Å². The van der Waals surface area contributed by atoms with Gasteiger partial charge in [0.05, 0.1) is 19.8 Å². The van der Waals surface area contributed by atoms with E-state index in [1.165, 1.54) is 0 Å². The summed E-state index contributed by atoms with van der Waals surface area (Å²) in [6, 6.07) is 4.00. The lowest BCUT2D eigenvalue weighted by molar-refractivity contribution is -0.115. The van der Waals surface area contributed by atoms with Crippen molar-refractivity contribution < 1.29 is 18.8 Å². The number of aryl methyl sites for hydroxylation is 1. The quantitative estimate of drug-likeness (QED) is 0.790. The van der Waals surface area contributed by atoms with Crippen LogP contribution in [0.2, 0.25) is 0 Å². The number of ether oxygens (including phenoxy) is 1. The normalized spacial score (nSPS) is 26.3. The van der Waals surface area contributed by atoms with Crippen molar-refractivity contribution in [3.63, 3.8) is 0 Å². The van der Waals surface area contributed by atoms with E-state index in [4.69, 9.17) is 14.0 Å². The van der Waals surface area contributed by atoms with Gasteiger partial charge in [0.1, 0.15) is 17.2 Å². The Hall–Kier alpha value is -1.90. The molecule has 148 valence electrons. The Morgan fingerprint density at radius 3 is 2.89 bits per heavy atom. The molecule has 4 heterocycles. The van der Waals surface area contributed by atoms with Gasteiger partial charge in [-0.2, -0.15) is 0 Å². The van der Waals surface area contributed by atoms with Gasteiger partial charge in [-0.15, -0.1) is 0 Å². The predicted molar refractivity (Wildman–Crippen MR) is 99.5 cm³/mol. The number of carbonyl (C=O) groups excluding carboxylic acids is 1. The number of likely N-dealkylation sites (tertiary alicyclic amines) is 1. The van der Waals surface area contributed by atoms with Crippen LogP contribution in [0.15, 0.2) is 21.7 Å². The lowest BCUT2D eigenvalue weighted by atomic mass is 9.96. The molecular formula is C19H28N4O4. The molecule has 2 saturated heterocycles. The lowest BCUT2D eigenvalue weighted by Crippen LogP contribution is -2.43. The van der Waals surface area contributed by atoms with Gasteiger partial charge < -0.3 is 19.3 Å². The smallest absolute Gasteiger partial charge is 0.269 e. The van der Waals surface area contributed by atoms with Crippen molar-refractivity contribution in [1.29, 1.82) is 0 Å². The van der Waals surface area contributed by atoms with Crippen LogP contribution in [0.1, 0.15) is 24.4 Å². The van der Waals surface area contributed by atoms with E-state index in [1.54, 1.807) is 0 Å². The number of hydrogen-bond donors (Lipinski definition) is 1. The number of morpholine rings is 1. The number of nitrogens with one attached hydrogen (secondary N) is 1. The van der Waals surface area contributed by atoms with E-state index >= 15 is 0 Å². The first-order valence-electron chi connectivity index (χ1n) is 9.73. The molecular weight excluding hydrogens is 348 g/mol. The fourth-order valence-electron chi connectivity index (χ4n) is 3.97. The zero-order valence-electron chi connectivity index (χ0n) is 15.9. The average molecular weight is 376 g/mol. The molecule has 1 amide bonds. The average Bonchev–Trinajstić information content (AvgIpc) is 3.38. The summed E-state index contributed by atoms with van der Waals surface area (Å²) in [5.41, 5.74) is 0.145. The summed E-state index contributed by atoms with van der Waals surface area (Å²) in [6.45, 7) is 9.24. The lowest BCUT2D eigenvalue weighted by Gasteiger charge is -2.26. The zero-order valence-corrected chi connectivity index (χ0v) is 15.9. The molecule has 0 unspecified atom stereocenters.